The molecule has 8 nitrogen and oxygen atoms in total. The molecule has 0 aliphatic rings. The van der Waals surface area contributed by atoms with Crippen molar-refractivity contribution in [1.82, 2.24) is 15.1 Å². The number of halogens is 1. The number of amides is 1. The standard InChI is InChI=1S/C19H22ClN3O5/c1-3-27-16(25)10-7-11-21-15(24)12-28-19(26)17-13(2)22-23(18(17)20)14-8-5-4-6-9-14/h4-6,8-9H,3,7,10-12H2,1-2H3,(H,21,24). The number of aromatic nitrogens is 2. The molecule has 1 aromatic heterocycles. The summed E-state index contributed by atoms with van der Waals surface area (Å²) in [6.07, 6.45) is 0.648. The van der Waals surface area contributed by atoms with Gasteiger partial charge in [-0.2, -0.15) is 5.10 Å². The lowest BCUT2D eigenvalue weighted by atomic mass is 10.2. The highest BCUT2D eigenvalue weighted by atomic mass is 35.5. The first-order valence-corrected chi connectivity index (χ1v) is 9.21. The SMILES string of the molecule is CCOC(=O)CCCNC(=O)COC(=O)c1c(C)nn(-c2ccccc2)c1Cl. The van der Waals surface area contributed by atoms with Crippen molar-refractivity contribution in [3.8, 4) is 5.69 Å². The number of carbonyl (C=O) groups excluding carboxylic acids is 3. The number of nitrogens with one attached hydrogen (secondary N) is 1. The average Bonchev–Trinajstić information content (AvgIpc) is 2.98. The number of hydrogen-bond acceptors (Lipinski definition) is 6. The minimum atomic E-state index is -0.730. The highest BCUT2D eigenvalue weighted by molar-refractivity contribution is 6.33. The molecule has 0 radical (unpaired) electrons. The minimum absolute atomic E-state index is 0.112. The average molecular weight is 408 g/mol. The Balaban J connectivity index is 1.86. The topological polar surface area (TPSA) is 99.5 Å². The van der Waals surface area contributed by atoms with E-state index >= 15 is 0 Å². The highest BCUT2D eigenvalue weighted by Crippen LogP contribution is 2.24. The van der Waals surface area contributed by atoms with E-state index in [1.807, 2.05) is 18.2 Å². The van der Waals surface area contributed by atoms with Gasteiger partial charge in [-0.15, -0.1) is 0 Å². The second-order valence-electron chi connectivity index (χ2n) is 5.83. The van der Waals surface area contributed by atoms with E-state index in [0.29, 0.717) is 24.4 Å². The number of hydrogen-bond donors (Lipinski definition) is 1. The Morgan fingerprint density at radius 2 is 1.89 bits per heavy atom. The van der Waals surface area contributed by atoms with E-state index in [9.17, 15) is 14.4 Å². The van der Waals surface area contributed by atoms with Crippen molar-refractivity contribution in [2.45, 2.75) is 26.7 Å². The van der Waals surface area contributed by atoms with Gasteiger partial charge in [0, 0.05) is 13.0 Å². The van der Waals surface area contributed by atoms with Crippen LogP contribution in [-0.4, -0.2) is 47.4 Å². The fourth-order valence-electron chi connectivity index (χ4n) is 2.42. The molecule has 0 saturated carbocycles. The molecule has 0 aliphatic carbocycles. The highest BCUT2D eigenvalue weighted by Gasteiger charge is 2.23. The third kappa shape index (κ3) is 5.82. The Morgan fingerprint density at radius 3 is 2.57 bits per heavy atom. The van der Waals surface area contributed by atoms with Crippen LogP contribution in [0.5, 0.6) is 0 Å². The third-order valence-electron chi connectivity index (χ3n) is 3.73. The quantitative estimate of drug-likeness (QED) is 0.506. The number of rotatable bonds is 9. The minimum Gasteiger partial charge on any atom is -0.466 e. The summed E-state index contributed by atoms with van der Waals surface area (Å²) in [6, 6.07) is 9.11. The predicted octanol–water partition coefficient (Wildman–Crippen LogP) is 2.45. The van der Waals surface area contributed by atoms with Crippen molar-refractivity contribution >= 4 is 29.4 Å². The van der Waals surface area contributed by atoms with Crippen molar-refractivity contribution in [2.75, 3.05) is 19.8 Å². The zero-order valence-corrected chi connectivity index (χ0v) is 16.5. The largest absolute Gasteiger partial charge is 0.466 e. The molecule has 9 heteroatoms. The van der Waals surface area contributed by atoms with E-state index in [2.05, 4.69) is 10.4 Å². The zero-order chi connectivity index (χ0) is 20.5. The lowest BCUT2D eigenvalue weighted by molar-refractivity contribution is -0.143. The molecule has 0 spiro atoms. The maximum atomic E-state index is 12.3. The molecular formula is C19H22ClN3O5. The predicted molar refractivity (Wildman–Crippen MR) is 102 cm³/mol. The van der Waals surface area contributed by atoms with Crippen molar-refractivity contribution in [1.29, 1.82) is 0 Å². The molecule has 0 atom stereocenters. The van der Waals surface area contributed by atoms with Crippen LogP contribution in [0.25, 0.3) is 5.69 Å². The van der Waals surface area contributed by atoms with Crippen molar-refractivity contribution in [3.63, 3.8) is 0 Å². The molecule has 2 aromatic rings. The lowest BCUT2D eigenvalue weighted by Crippen LogP contribution is -2.30. The Bertz CT molecular complexity index is 836. The third-order valence-corrected chi connectivity index (χ3v) is 4.08. The van der Waals surface area contributed by atoms with Crippen molar-refractivity contribution in [2.24, 2.45) is 0 Å². The van der Waals surface area contributed by atoms with Crippen LogP contribution in [0.1, 0.15) is 35.8 Å². The van der Waals surface area contributed by atoms with Crippen LogP contribution >= 0.6 is 11.6 Å². The first kappa shape index (κ1) is 21.4. The van der Waals surface area contributed by atoms with Crippen LogP contribution in [0.15, 0.2) is 30.3 Å². The van der Waals surface area contributed by atoms with Gasteiger partial charge in [-0.05, 0) is 32.4 Å². The maximum Gasteiger partial charge on any atom is 0.343 e. The van der Waals surface area contributed by atoms with Gasteiger partial charge in [-0.1, -0.05) is 29.8 Å². The van der Waals surface area contributed by atoms with E-state index in [-0.39, 0.29) is 29.7 Å². The molecule has 150 valence electrons. The van der Waals surface area contributed by atoms with Gasteiger partial charge in [0.15, 0.2) is 6.61 Å². The monoisotopic (exact) mass is 407 g/mol. The second kappa shape index (κ2) is 10.5. The Labute approximate surface area is 167 Å². The van der Waals surface area contributed by atoms with Gasteiger partial charge >= 0.3 is 11.9 Å². The summed E-state index contributed by atoms with van der Waals surface area (Å²) in [5.41, 5.74) is 1.21. The zero-order valence-electron chi connectivity index (χ0n) is 15.7. The van der Waals surface area contributed by atoms with Crippen LogP contribution < -0.4 is 5.32 Å². The molecule has 1 heterocycles. The number of para-hydroxylation sites is 1. The van der Waals surface area contributed by atoms with Gasteiger partial charge in [-0.3, -0.25) is 9.59 Å². The molecule has 28 heavy (non-hydrogen) atoms. The van der Waals surface area contributed by atoms with Gasteiger partial charge in [0.05, 0.1) is 18.0 Å². The molecule has 0 unspecified atom stereocenters. The fourth-order valence-corrected chi connectivity index (χ4v) is 2.77. The van der Waals surface area contributed by atoms with E-state index < -0.39 is 18.5 Å². The van der Waals surface area contributed by atoms with E-state index in [1.165, 1.54) is 4.68 Å². The smallest absolute Gasteiger partial charge is 0.343 e. The molecule has 0 bridgehead atoms. The molecule has 2 rings (SSSR count). The summed E-state index contributed by atoms with van der Waals surface area (Å²) in [5, 5.41) is 6.94. The van der Waals surface area contributed by atoms with Gasteiger partial charge in [0.1, 0.15) is 10.7 Å². The summed E-state index contributed by atoms with van der Waals surface area (Å²) >= 11 is 6.29. The van der Waals surface area contributed by atoms with Gasteiger partial charge in [-0.25, -0.2) is 9.48 Å². The number of nitrogens with zero attached hydrogens (tertiary/aromatic N) is 2. The summed E-state index contributed by atoms with van der Waals surface area (Å²) in [6.45, 7) is 3.51. The number of benzene rings is 1. The summed E-state index contributed by atoms with van der Waals surface area (Å²) < 4.78 is 11.3. The van der Waals surface area contributed by atoms with E-state index in [1.54, 1.807) is 26.0 Å². The van der Waals surface area contributed by atoms with Gasteiger partial charge < -0.3 is 14.8 Å². The molecule has 0 saturated heterocycles. The van der Waals surface area contributed by atoms with Crippen LogP contribution in [0.2, 0.25) is 5.15 Å². The summed E-state index contributed by atoms with van der Waals surface area (Å²) in [4.78, 5) is 35.3. The molecule has 1 amide bonds. The number of carbonyl (C=O) groups is 3. The van der Waals surface area contributed by atoms with Crippen LogP contribution in [0.4, 0.5) is 0 Å². The molecule has 0 aliphatic heterocycles. The maximum absolute atomic E-state index is 12.3. The molecule has 1 aromatic carbocycles. The van der Waals surface area contributed by atoms with E-state index in [0.717, 1.165) is 0 Å². The fraction of sp³-hybridized carbons (Fsp3) is 0.368. The summed E-state index contributed by atoms with van der Waals surface area (Å²) in [7, 11) is 0. The first-order chi connectivity index (χ1) is 13.4. The number of aryl methyl sites for hydroxylation is 1. The van der Waals surface area contributed by atoms with Gasteiger partial charge in [0.25, 0.3) is 5.91 Å². The Kier molecular flexibility index (Phi) is 8.01. The van der Waals surface area contributed by atoms with E-state index in [4.69, 9.17) is 21.1 Å². The second-order valence-corrected chi connectivity index (χ2v) is 6.19. The van der Waals surface area contributed by atoms with Crippen LogP contribution in [-0.2, 0) is 19.1 Å². The first-order valence-electron chi connectivity index (χ1n) is 8.84. The van der Waals surface area contributed by atoms with Gasteiger partial charge in [0.2, 0.25) is 0 Å². The Morgan fingerprint density at radius 1 is 1.18 bits per heavy atom. The molecule has 0 fully saturated rings. The lowest BCUT2D eigenvalue weighted by Gasteiger charge is -2.07. The summed E-state index contributed by atoms with van der Waals surface area (Å²) in [5.74, 6) is -1.52. The molecule has 1 N–H and O–H groups in total. The van der Waals surface area contributed by atoms with Crippen molar-refractivity contribution < 1.29 is 23.9 Å². The molecular weight excluding hydrogens is 386 g/mol. The van der Waals surface area contributed by atoms with Crippen molar-refractivity contribution in [3.05, 3.63) is 46.7 Å². The number of esters is 2. The Hall–Kier alpha value is -2.87. The van der Waals surface area contributed by atoms with Crippen LogP contribution in [0.3, 0.4) is 0 Å². The normalized spacial score (nSPS) is 10.4. The van der Waals surface area contributed by atoms with Crippen LogP contribution in [0, 0.1) is 6.92 Å². The number of ether oxygens (including phenoxy) is 2.